The third-order valence-corrected chi connectivity index (χ3v) is 5.54. The summed E-state index contributed by atoms with van der Waals surface area (Å²) < 4.78 is 51.2. The van der Waals surface area contributed by atoms with E-state index in [0.717, 1.165) is 25.9 Å². The second-order valence-electron chi connectivity index (χ2n) is 6.94. The fourth-order valence-corrected chi connectivity index (χ4v) is 3.95. The molecule has 128 valence electrons. The number of aromatic nitrogens is 2. The number of piperidine rings is 2. The molecule has 3 aliphatic rings. The van der Waals surface area contributed by atoms with Gasteiger partial charge in [-0.2, -0.15) is 13.2 Å². The second kappa shape index (κ2) is 4.83. The molecular formula is C14H19F3N4O2. The summed E-state index contributed by atoms with van der Waals surface area (Å²) in [5.74, 6) is 0.0442. The highest BCUT2D eigenvalue weighted by Crippen LogP contribution is 2.73. The molecule has 23 heavy (non-hydrogen) atoms. The summed E-state index contributed by atoms with van der Waals surface area (Å²) in [5, 5.41) is 10.5. The lowest BCUT2D eigenvalue weighted by Gasteiger charge is -2.27. The molecule has 1 aliphatic carbocycles. The van der Waals surface area contributed by atoms with Crippen LogP contribution >= 0.6 is 0 Å². The van der Waals surface area contributed by atoms with E-state index in [1.807, 2.05) is 7.05 Å². The fourth-order valence-electron chi connectivity index (χ4n) is 3.95. The van der Waals surface area contributed by atoms with Gasteiger partial charge in [-0.05, 0) is 26.3 Å². The quantitative estimate of drug-likeness (QED) is 0.901. The van der Waals surface area contributed by atoms with E-state index in [9.17, 15) is 13.2 Å². The van der Waals surface area contributed by atoms with Gasteiger partial charge < -0.3 is 19.4 Å². The first-order valence-electron chi connectivity index (χ1n) is 7.83. The van der Waals surface area contributed by atoms with Crippen LogP contribution in [-0.2, 0) is 5.41 Å². The van der Waals surface area contributed by atoms with Crippen LogP contribution in [0.3, 0.4) is 0 Å². The minimum absolute atomic E-state index is 0.00631. The lowest BCUT2D eigenvalue weighted by molar-refractivity contribution is -0.187. The van der Waals surface area contributed by atoms with Crippen LogP contribution in [-0.4, -0.2) is 60.6 Å². The molecule has 3 fully saturated rings. The van der Waals surface area contributed by atoms with Gasteiger partial charge in [0.1, 0.15) is 6.10 Å². The molecule has 0 spiro atoms. The van der Waals surface area contributed by atoms with Crippen molar-refractivity contribution < 1.29 is 22.3 Å². The Morgan fingerprint density at radius 2 is 2.00 bits per heavy atom. The number of hydrogen-bond donors (Lipinski definition) is 1. The van der Waals surface area contributed by atoms with Crippen molar-refractivity contribution in [3.63, 3.8) is 0 Å². The predicted octanol–water partition coefficient (Wildman–Crippen LogP) is 1.34. The molecule has 1 N–H and O–H groups in total. The van der Waals surface area contributed by atoms with Crippen molar-refractivity contribution in [2.24, 2.45) is 5.41 Å². The molecule has 1 saturated carbocycles. The standard InChI is InChI=1S/C14H19F3N4O2/c1-21-4-2-9(3-5-21)22-11-20-19-10(23-11)12-6-13(12,8-18-7-12)14(15,16)17/h9,18H,2-8H2,1H3/t12-,13-/m0/s1. The lowest BCUT2D eigenvalue weighted by Crippen LogP contribution is -2.35. The van der Waals surface area contributed by atoms with Crippen LogP contribution in [0.5, 0.6) is 6.08 Å². The maximum atomic E-state index is 13.4. The summed E-state index contributed by atoms with van der Waals surface area (Å²) in [4.78, 5) is 2.20. The van der Waals surface area contributed by atoms with Gasteiger partial charge in [-0.3, -0.25) is 0 Å². The number of likely N-dealkylation sites (tertiary alicyclic amines) is 1. The highest BCUT2D eigenvalue weighted by molar-refractivity contribution is 5.35. The van der Waals surface area contributed by atoms with Gasteiger partial charge in [0.15, 0.2) is 0 Å². The average Bonchev–Trinajstić information content (AvgIpc) is 2.84. The molecule has 0 radical (unpaired) electrons. The molecule has 1 aromatic heterocycles. The number of ether oxygens (including phenoxy) is 1. The van der Waals surface area contributed by atoms with Gasteiger partial charge in [-0.25, -0.2) is 0 Å². The van der Waals surface area contributed by atoms with Crippen molar-refractivity contribution in [2.45, 2.75) is 37.0 Å². The van der Waals surface area contributed by atoms with Crippen LogP contribution in [0.2, 0.25) is 0 Å². The topological polar surface area (TPSA) is 63.4 Å². The van der Waals surface area contributed by atoms with E-state index >= 15 is 0 Å². The monoisotopic (exact) mass is 332 g/mol. The largest absolute Gasteiger partial charge is 0.446 e. The molecule has 2 aliphatic heterocycles. The molecule has 4 rings (SSSR count). The Hall–Kier alpha value is -1.35. The van der Waals surface area contributed by atoms with Gasteiger partial charge in [0.25, 0.3) is 0 Å². The summed E-state index contributed by atoms with van der Waals surface area (Å²) in [7, 11) is 2.04. The first-order valence-corrected chi connectivity index (χ1v) is 7.83. The third-order valence-electron chi connectivity index (χ3n) is 5.54. The van der Waals surface area contributed by atoms with Crippen LogP contribution in [0.4, 0.5) is 13.2 Å². The van der Waals surface area contributed by atoms with Gasteiger partial charge in [-0.15, -0.1) is 5.10 Å². The molecule has 6 nitrogen and oxygen atoms in total. The zero-order valence-corrected chi connectivity index (χ0v) is 12.8. The van der Waals surface area contributed by atoms with Crippen LogP contribution in [0.1, 0.15) is 25.2 Å². The van der Waals surface area contributed by atoms with Gasteiger partial charge in [0.05, 0.1) is 10.8 Å². The van der Waals surface area contributed by atoms with Crippen LogP contribution in [0.25, 0.3) is 0 Å². The summed E-state index contributed by atoms with van der Waals surface area (Å²) in [5.41, 5.74) is -2.88. The van der Waals surface area contributed by atoms with E-state index in [-0.39, 0.29) is 37.6 Å². The van der Waals surface area contributed by atoms with E-state index in [0.29, 0.717) is 0 Å². The Morgan fingerprint density at radius 3 is 2.65 bits per heavy atom. The smallest absolute Gasteiger partial charge is 0.414 e. The van der Waals surface area contributed by atoms with E-state index in [4.69, 9.17) is 9.15 Å². The maximum Gasteiger partial charge on any atom is 0.414 e. The Labute approximate surface area is 131 Å². The number of halogens is 3. The van der Waals surface area contributed by atoms with Crippen LogP contribution in [0.15, 0.2) is 4.42 Å². The van der Waals surface area contributed by atoms with E-state index in [2.05, 4.69) is 20.4 Å². The lowest BCUT2D eigenvalue weighted by atomic mass is 9.95. The Balaban J connectivity index is 1.49. The Morgan fingerprint density at radius 1 is 1.26 bits per heavy atom. The normalized spacial score (nSPS) is 35.3. The third kappa shape index (κ3) is 2.16. The highest BCUT2D eigenvalue weighted by Gasteiger charge is 2.84. The van der Waals surface area contributed by atoms with Crippen LogP contribution in [0, 0.1) is 5.41 Å². The molecule has 3 heterocycles. The molecular weight excluding hydrogens is 313 g/mol. The summed E-state index contributed by atoms with van der Waals surface area (Å²) in [6.45, 7) is 1.94. The van der Waals surface area contributed by atoms with Gasteiger partial charge in [0.2, 0.25) is 5.89 Å². The molecule has 9 heteroatoms. The Bertz CT molecular complexity index is 599. The van der Waals surface area contributed by atoms with Crippen molar-refractivity contribution >= 4 is 0 Å². The van der Waals surface area contributed by atoms with Gasteiger partial charge in [0, 0.05) is 26.2 Å². The number of fused-ring (bicyclic) bond motifs is 1. The zero-order valence-electron chi connectivity index (χ0n) is 12.8. The first kappa shape index (κ1) is 15.2. The first-order chi connectivity index (χ1) is 10.9. The summed E-state index contributed by atoms with van der Waals surface area (Å²) in [6.07, 6.45) is -2.63. The number of nitrogens with zero attached hydrogens (tertiary/aromatic N) is 3. The molecule has 0 bridgehead atoms. The summed E-state index contributed by atoms with van der Waals surface area (Å²) >= 11 is 0. The van der Waals surface area contributed by atoms with Crippen molar-refractivity contribution in [1.82, 2.24) is 20.4 Å². The van der Waals surface area contributed by atoms with Crippen LogP contribution < -0.4 is 10.1 Å². The minimum Gasteiger partial charge on any atom is -0.446 e. The number of hydrogen-bond acceptors (Lipinski definition) is 6. The van der Waals surface area contributed by atoms with E-state index in [1.54, 1.807) is 0 Å². The van der Waals surface area contributed by atoms with E-state index in [1.165, 1.54) is 0 Å². The molecule has 0 amide bonds. The van der Waals surface area contributed by atoms with Gasteiger partial charge in [-0.1, -0.05) is 5.10 Å². The average molecular weight is 332 g/mol. The number of rotatable bonds is 3. The van der Waals surface area contributed by atoms with Crippen molar-refractivity contribution in [1.29, 1.82) is 0 Å². The van der Waals surface area contributed by atoms with Crippen molar-refractivity contribution in [2.75, 3.05) is 33.2 Å². The summed E-state index contributed by atoms with van der Waals surface area (Å²) in [6, 6.07) is 0. The molecule has 0 aromatic carbocycles. The fraction of sp³-hybridized carbons (Fsp3) is 0.857. The molecule has 0 unspecified atom stereocenters. The SMILES string of the molecule is CN1CCC(Oc2nnc([C@]34CNC[C@@]3(C(F)(F)F)C4)o2)CC1. The minimum atomic E-state index is -4.28. The van der Waals surface area contributed by atoms with Gasteiger partial charge >= 0.3 is 12.3 Å². The maximum absolute atomic E-state index is 13.4. The second-order valence-corrected chi connectivity index (χ2v) is 6.94. The van der Waals surface area contributed by atoms with E-state index < -0.39 is 17.0 Å². The highest BCUT2D eigenvalue weighted by atomic mass is 19.4. The number of alkyl halides is 3. The molecule has 2 atom stereocenters. The number of nitrogens with one attached hydrogen (secondary N) is 1. The Kier molecular flexibility index (Phi) is 3.19. The van der Waals surface area contributed by atoms with Crippen molar-refractivity contribution in [3.8, 4) is 6.08 Å². The van der Waals surface area contributed by atoms with Crippen molar-refractivity contribution in [3.05, 3.63) is 5.89 Å². The predicted molar refractivity (Wildman–Crippen MR) is 73.1 cm³/mol. The molecule has 1 aromatic rings. The molecule has 2 saturated heterocycles. The zero-order chi connectivity index (χ0) is 16.3.